The maximum atomic E-state index is 13.3. The van der Waals surface area contributed by atoms with E-state index in [2.05, 4.69) is 10.2 Å². The van der Waals surface area contributed by atoms with E-state index >= 15 is 0 Å². The summed E-state index contributed by atoms with van der Waals surface area (Å²) in [6.45, 7) is 2.53. The van der Waals surface area contributed by atoms with E-state index < -0.39 is 23.9 Å². The fourth-order valence-electron chi connectivity index (χ4n) is 2.65. The number of halogens is 3. The summed E-state index contributed by atoms with van der Waals surface area (Å²) < 4.78 is 65.8. The topological polar surface area (TPSA) is 146 Å². The van der Waals surface area contributed by atoms with E-state index in [1.807, 2.05) is 0 Å². The summed E-state index contributed by atoms with van der Waals surface area (Å²) in [5, 5.41) is 14.9. The molecule has 1 amide bonds. The Balaban J connectivity index is 1.74. The molecule has 2 rings (SSSR count). The molecule has 1 aliphatic heterocycles. The van der Waals surface area contributed by atoms with Crippen LogP contribution >= 0.6 is 0 Å². The second-order valence-electron chi connectivity index (χ2n) is 6.82. The molecule has 1 aliphatic rings. The van der Waals surface area contributed by atoms with Crippen LogP contribution < -0.4 is 10.2 Å². The summed E-state index contributed by atoms with van der Waals surface area (Å²) in [5.41, 5.74) is -0.875. The lowest BCUT2D eigenvalue weighted by Crippen LogP contribution is -2.30. The van der Waals surface area contributed by atoms with Crippen molar-refractivity contribution in [1.82, 2.24) is 5.48 Å². The van der Waals surface area contributed by atoms with Crippen molar-refractivity contribution in [3.63, 3.8) is 0 Å². The highest BCUT2D eigenvalue weighted by Gasteiger charge is 2.65. The number of nitrogens with one attached hydrogen (secondary N) is 1. The van der Waals surface area contributed by atoms with Crippen molar-refractivity contribution in [3.05, 3.63) is 29.3 Å². The van der Waals surface area contributed by atoms with Crippen LogP contribution in [0.5, 0.6) is 5.75 Å². The predicted octanol–water partition coefficient (Wildman–Crippen LogP) is 2.56. The summed E-state index contributed by atoms with van der Waals surface area (Å²) in [6.07, 6.45) is -6.14. The van der Waals surface area contributed by atoms with Gasteiger partial charge in [0.25, 0.3) is 0 Å². The number of alkyl halides is 3. The first-order chi connectivity index (χ1) is 16.7. The predicted molar refractivity (Wildman–Crippen MR) is 110 cm³/mol. The highest BCUT2D eigenvalue weighted by atomic mass is 19.4. The first-order valence-corrected chi connectivity index (χ1v) is 10.5. The van der Waals surface area contributed by atoms with Crippen molar-refractivity contribution in [1.29, 1.82) is 0 Å². The first-order valence-electron chi connectivity index (χ1n) is 10.5. The lowest BCUT2D eigenvalue weighted by molar-refractivity contribution is -0.166. The molecule has 2 N–H and O–H groups in total. The van der Waals surface area contributed by atoms with Gasteiger partial charge in [-0.15, -0.1) is 10.2 Å². The molecule has 0 unspecified atom stereocenters. The Morgan fingerprint density at radius 1 is 1.03 bits per heavy atom. The third-order valence-electron chi connectivity index (χ3n) is 4.31. The SMILES string of the molecule is CCOC(=O)COCCOCCOCCOc1cc(C2(C(F)(F)F)N=N2)ccc1CONC(=O)O. The number of carbonyl (C=O) groups excluding carboxylic acids is 1. The number of hydrogen-bond donors (Lipinski definition) is 2. The number of nitrogens with zero attached hydrogens (tertiary/aromatic N) is 2. The molecule has 1 aromatic rings. The zero-order valence-corrected chi connectivity index (χ0v) is 18.8. The molecule has 0 radical (unpaired) electrons. The normalized spacial score (nSPS) is 13.9. The summed E-state index contributed by atoms with van der Waals surface area (Å²) in [6, 6.07) is 3.61. The summed E-state index contributed by atoms with van der Waals surface area (Å²) in [5.74, 6) is -0.419. The van der Waals surface area contributed by atoms with Gasteiger partial charge in [0.1, 0.15) is 25.6 Å². The minimum atomic E-state index is -4.71. The van der Waals surface area contributed by atoms with Gasteiger partial charge in [-0.2, -0.15) is 18.7 Å². The number of hydrogen-bond acceptors (Lipinski definition) is 10. The van der Waals surface area contributed by atoms with Gasteiger partial charge in [-0.05, 0) is 13.0 Å². The number of hydroxylamine groups is 1. The van der Waals surface area contributed by atoms with Gasteiger partial charge in [-0.3, -0.25) is 4.84 Å². The summed E-state index contributed by atoms with van der Waals surface area (Å²) in [4.78, 5) is 26.4. The summed E-state index contributed by atoms with van der Waals surface area (Å²) in [7, 11) is 0. The molecule has 12 nitrogen and oxygen atoms in total. The van der Waals surface area contributed by atoms with Crippen LogP contribution in [0.1, 0.15) is 18.1 Å². The number of carbonyl (C=O) groups is 2. The minimum absolute atomic E-state index is 0.0151. The van der Waals surface area contributed by atoms with Crippen LogP contribution in [-0.2, 0) is 40.8 Å². The molecule has 1 heterocycles. The van der Waals surface area contributed by atoms with Crippen LogP contribution in [0.15, 0.2) is 28.4 Å². The first kappa shape index (κ1) is 28.2. The van der Waals surface area contributed by atoms with E-state index in [9.17, 15) is 22.8 Å². The number of carboxylic acid groups (broad SMARTS) is 1. The van der Waals surface area contributed by atoms with Gasteiger partial charge in [0.05, 0.1) is 39.6 Å². The van der Waals surface area contributed by atoms with Gasteiger partial charge in [0.2, 0.25) is 0 Å². The van der Waals surface area contributed by atoms with Crippen LogP contribution in [0.2, 0.25) is 0 Å². The molecular weight excluding hydrogens is 483 g/mol. The second-order valence-corrected chi connectivity index (χ2v) is 6.82. The Labute approximate surface area is 198 Å². The van der Waals surface area contributed by atoms with Crippen molar-refractivity contribution in [2.24, 2.45) is 10.2 Å². The van der Waals surface area contributed by atoms with Crippen molar-refractivity contribution >= 4 is 12.1 Å². The Kier molecular flexibility index (Phi) is 11.1. The standard InChI is InChI=1S/C20H26F3N3O9/c1-2-33-17(27)13-32-8-7-30-5-6-31-9-10-34-16-11-15(19(25-26-19)20(21,22)23)4-3-14(16)12-35-24-18(28)29/h3-4,11,24H,2,5-10,12-13H2,1H3,(H,28,29). The third kappa shape index (κ3) is 9.28. The number of rotatable bonds is 17. The van der Waals surface area contributed by atoms with Gasteiger partial charge in [-0.25, -0.2) is 9.59 Å². The zero-order valence-electron chi connectivity index (χ0n) is 18.8. The maximum absolute atomic E-state index is 13.3. The van der Waals surface area contributed by atoms with Crippen LogP contribution in [0.25, 0.3) is 0 Å². The minimum Gasteiger partial charge on any atom is -0.491 e. The van der Waals surface area contributed by atoms with Crippen LogP contribution in [-0.4, -0.2) is 76.2 Å². The lowest BCUT2D eigenvalue weighted by atomic mass is 10.0. The Morgan fingerprint density at radius 3 is 2.23 bits per heavy atom. The van der Waals surface area contributed by atoms with Crippen LogP contribution in [0, 0.1) is 0 Å². The Morgan fingerprint density at radius 2 is 1.66 bits per heavy atom. The van der Waals surface area contributed by atoms with E-state index in [0.717, 1.165) is 6.07 Å². The van der Waals surface area contributed by atoms with Gasteiger partial charge in [0, 0.05) is 11.1 Å². The quantitative estimate of drug-likeness (QED) is 0.184. The average molecular weight is 509 g/mol. The van der Waals surface area contributed by atoms with Gasteiger partial charge >= 0.3 is 23.9 Å². The molecule has 35 heavy (non-hydrogen) atoms. The fraction of sp³-hybridized carbons (Fsp3) is 0.600. The lowest BCUT2D eigenvalue weighted by Gasteiger charge is -2.18. The monoisotopic (exact) mass is 509 g/mol. The molecule has 0 aromatic heterocycles. The van der Waals surface area contributed by atoms with Crippen molar-refractivity contribution in [2.45, 2.75) is 25.4 Å². The number of benzene rings is 1. The van der Waals surface area contributed by atoms with Crippen molar-refractivity contribution in [3.8, 4) is 5.75 Å². The molecule has 196 valence electrons. The van der Waals surface area contributed by atoms with Crippen molar-refractivity contribution < 1.29 is 56.4 Å². The molecule has 0 aliphatic carbocycles. The molecular formula is C20H26F3N3O9. The van der Waals surface area contributed by atoms with Crippen LogP contribution in [0.3, 0.4) is 0 Å². The van der Waals surface area contributed by atoms with E-state index in [1.54, 1.807) is 12.4 Å². The molecule has 0 saturated heterocycles. The van der Waals surface area contributed by atoms with E-state index in [0.29, 0.717) is 5.56 Å². The molecule has 0 spiro atoms. The maximum Gasteiger partial charge on any atom is 0.442 e. The molecule has 0 fully saturated rings. The second kappa shape index (κ2) is 13.8. The van der Waals surface area contributed by atoms with Gasteiger partial charge in [-0.1, -0.05) is 12.1 Å². The fourth-order valence-corrected chi connectivity index (χ4v) is 2.65. The molecule has 0 saturated carbocycles. The molecule has 15 heteroatoms. The summed E-state index contributed by atoms with van der Waals surface area (Å²) >= 11 is 0. The van der Waals surface area contributed by atoms with E-state index in [4.69, 9.17) is 33.6 Å². The van der Waals surface area contributed by atoms with E-state index in [1.165, 1.54) is 12.1 Å². The largest absolute Gasteiger partial charge is 0.491 e. The highest BCUT2D eigenvalue weighted by Crippen LogP contribution is 2.53. The third-order valence-corrected chi connectivity index (χ3v) is 4.31. The van der Waals surface area contributed by atoms with Crippen LogP contribution in [0.4, 0.5) is 18.0 Å². The number of esters is 1. The molecule has 0 atom stereocenters. The van der Waals surface area contributed by atoms with E-state index in [-0.39, 0.29) is 70.8 Å². The number of ether oxygens (including phenoxy) is 5. The number of amides is 1. The van der Waals surface area contributed by atoms with Gasteiger partial charge < -0.3 is 28.8 Å². The molecule has 1 aromatic carbocycles. The highest BCUT2D eigenvalue weighted by molar-refractivity contribution is 5.70. The van der Waals surface area contributed by atoms with Crippen molar-refractivity contribution in [2.75, 3.05) is 52.9 Å². The average Bonchev–Trinajstić information content (AvgIpc) is 3.60. The Hall–Kier alpha value is -3.01. The smallest absolute Gasteiger partial charge is 0.442 e. The molecule has 0 bridgehead atoms. The van der Waals surface area contributed by atoms with Gasteiger partial charge in [0.15, 0.2) is 0 Å². The Bertz CT molecular complexity index is 862. The zero-order chi connectivity index (χ0) is 25.7.